The summed E-state index contributed by atoms with van der Waals surface area (Å²) in [5, 5.41) is 12.0. The van der Waals surface area contributed by atoms with Gasteiger partial charge in [0.15, 0.2) is 0 Å². The van der Waals surface area contributed by atoms with Gasteiger partial charge in [-0.05, 0) is 13.8 Å². The van der Waals surface area contributed by atoms with E-state index in [9.17, 15) is 0 Å². The molecule has 0 saturated heterocycles. The number of aromatic nitrogens is 2. The van der Waals surface area contributed by atoms with Crippen molar-refractivity contribution in [2.75, 3.05) is 30.4 Å². The van der Waals surface area contributed by atoms with Crippen LogP contribution in [0.2, 0.25) is 0 Å². The predicted octanol–water partition coefficient (Wildman–Crippen LogP) is 0.725. The van der Waals surface area contributed by atoms with Crippen LogP contribution in [0.15, 0.2) is 12.4 Å². The molecule has 0 amide bonds. The minimum Gasteiger partial charge on any atom is -0.395 e. The van der Waals surface area contributed by atoms with E-state index < -0.39 is 0 Å². The van der Waals surface area contributed by atoms with Crippen molar-refractivity contribution in [2.24, 2.45) is 0 Å². The monoisotopic (exact) mass is 210 g/mol. The van der Waals surface area contributed by atoms with E-state index >= 15 is 0 Å². The summed E-state index contributed by atoms with van der Waals surface area (Å²) in [7, 11) is 1.89. The zero-order valence-electron chi connectivity index (χ0n) is 9.44. The van der Waals surface area contributed by atoms with Gasteiger partial charge in [-0.1, -0.05) is 0 Å². The lowest BCUT2D eigenvalue weighted by Crippen LogP contribution is -2.22. The van der Waals surface area contributed by atoms with Crippen LogP contribution >= 0.6 is 0 Å². The summed E-state index contributed by atoms with van der Waals surface area (Å²) in [5.41, 5.74) is 0. The fraction of sp³-hybridized carbons (Fsp3) is 0.600. The molecule has 0 aromatic carbocycles. The molecule has 0 spiro atoms. The first-order chi connectivity index (χ1) is 7.13. The molecular weight excluding hydrogens is 192 g/mol. The molecule has 15 heavy (non-hydrogen) atoms. The molecule has 0 radical (unpaired) electrons. The Labute approximate surface area is 90.2 Å². The number of aliphatic hydroxyl groups excluding tert-OH is 1. The molecule has 0 bridgehead atoms. The van der Waals surface area contributed by atoms with E-state index in [-0.39, 0.29) is 6.61 Å². The number of likely N-dealkylation sites (N-methyl/N-ethyl adjacent to an activating group) is 1. The summed E-state index contributed by atoms with van der Waals surface area (Å²) in [6.07, 6.45) is 1.52. The lowest BCUT2D eigenvalue weighted by Gasteiger charge is -2.17. The van der Waals surface area contributed by atoms with Crippen LogP contribution in [0.5, 0.6) is 0 Å². The molecule has 0 aliphatic rings. The lowest BCUT2D eigenvalue weighted by molar-refractivity contribution is 0.304. The number of nitrogens with one attached hydrogen (secondary N) is 1. The Morgan fingerprint density at radius 1 is 1.47 bits per heavy atom. The first-order valence-corrected chi connectivity index (χ1v) is 5.04. The van der Waals surface area contributed by atoms with Crippen molar-refractivity contribution in [3.8, 4) is 0 Å². The SMILES string of the molecule is CC(C)Nc1cc(N(C)CCO)ncn1. The van der Waals surface area contributed by atoms with E-state index in [1.165, 1.54) is 6.33 Å². The maximum absolute atomic E-state index is 8.81. The Balaban J connectivity index is 2.73. The average molecular weight is 210 g/mol. The van der Waals surface area contributed by atoms with E-state index in [0.717, 1.165) is 11.6 Å². The van der Waals surface area contributed by atoms with E-state index in [4.69, 9.17) is 5.11 Å². The first-order valence-electron chi connectivity index (χ1n) is 5.04. The number of anilines is 2. The Bertz CT molecular complexity index is 303. The normalized spacial score (nSPS) is 10.5. The fourth-order valence-electron chi connectivity index (χ4n) is 1.20. The molecule has 0 saturated carbocycles. The number of nitrogens with zero attached hydrogens (tertiary/aromatic N) is 3. The second-order valence-electron chi connectivity index (χ2n) is 3.71. The molecule has 0 atom stereocenters. The number of aliphatic hydroxyl groups is 1. The highest BCUT2D eigenvalue weighted by Gasteiger charge is 2.04. The summed E-state index contributed by atoms with van der Waals surface area (Å²) in [6, 6.07) is 2.21. The topological polar surface area (TPSA) is 61.3 Å². The third-order valence-corrected chi connectivity index (χ3v) is 1.92. The molecule has 0 aliphatic heterocycles. The van der Waals surface area contributed by atoms with E-state index in [0.29, 0.717) is 12.6 Å². The highest BCUT2D eigenvalue weighted by atomic mass is 16.3. The molecule has 5 heteroatoms. The molecule has 1 heterocycles. The predicted molar refractivity (Wildman–Crippen MR) is 61.1 cm³/mol. The summed E-state index contributed by atoms with van der Waals surface area (Å²) >= 11 is 0. The van der Waals surface area contributed by atoms with Crippen molar-refractivity contribution < 1.29 is 5.11 Å². The van der Waals surface area contributed by atoms with Gasteiger partial charge in [-0.3, -0.25) is 0 Å². The third kappa shape index (κ3) is 3.71. The van der Waals surface area contributed by atoms with Crippen LogP contribution in [0, 0.1) is 0 Å². The number of hydrogen-bond acceptors (Lipinski definition) is 5. The van der Waals surface area contributed by atoms with Crippen molar-refractivity contribution in [3.63, 3.8) is 0 Å². The van der Waals surface area contributed by atoms with Crippen LogP contribution < -0.4 is 10.2 Å². The van der Waals surface area contributed by atoms with Crippen molar-refractivity contribution in [1.29, 1.82) is 0 Å². The summed E-state index contributed by atoms with van der Waals surface area (Å²) < 4.78 is 0. The molecule has 0 fully saturated rings. The second kappa shape index (κ2) is 5.50. The van der Waals surface area contributed by atoms with Gasteiger partial charge in [0.05, 0.1) is 6.61 Å². The summed E-state index contributed by atoms with van der Waals surface area (Å²) in [5.74, 6) is 1.61. The first kappa shape index (κ1) is 11.7. The molecular formula is C10H18N4O. The average Bonchev–Trinajstić information content (AvgIpc) is 2.17. The summed E-state index contributed by atoms with van der Waals surface area (Å²) in [6.45, 7) is 4.80. The van der Waals surface area contributed by atoms with Crippen LogP contribution in [0.25, 0.3) is 0 Å². The largest absolute Gasteiger partial charge is 0.395 e. The maximum atomic E-state index is 8.81. The molecule has 1 aromatic rings. The maximum Gasteiger partial charge on any atom is 0.133 e. The van der Waals surface area contributed by atoms with Gasteiger partial charge >= 0.3 is 0 Å². The van der Waals surface area contributed by atoms with E-state index in [1.54, 1.807) is 0 Å². The Hall–Kier alpha value is -1.36. The van der Waals surface area contributed by atoms with Crippen molar-refractivity contribution >= 4 is 11.6 Å². The molecule has 0 aliphatic carbocycles. The van der Waals surface area contributed by atoms with Crippen LogP contribution in [-0.4, -0.2) is 41.3 Å². The molecule has 1 rings (SSSR count). The Kier molecular flexibility index (Phi) is 4.30. The minimum absolute atomic E-state index is 0.118. The zero-order valence-corrected chi connectivity index (χ0v) is 9.44. The molecule has 5 nitrogen and oxygen atoms in total. The quantitative estimate of drug-likeness (QED) is 0.750. The lowest BCUT2D eigenvalue weighted by atomic mass is 10.4. The van der Waals surface area contributed by atoms with Crippen molar-refractivity contribution in [2.45, 2.75) is 19.9 Å². The van der Waals surface area contributed by atoms with Gasteiger partial charge in [0.1, 0.15) is 18.0 Å². The van der Waals surface area contributed by atoms with Crippen LogP contribution in [0.3, 0.4) is 0 Å². The molecule has 0 unspecified atom stereocenters. The minimum atomic E-state index is 0.118. The molecule has 2 N–H and O–H groups in total. The third-order valence-electron chi connectivity index (χ3n) is 1.92. The van der Waals surface area contributed by atoms with Gasteiger partial charge in [0.2, 0.25) is 0 Å². The Morgan fingerprint density at radius 2 is 2.20 bits per heavy atom. The standard InChI is InChI=1S/C10H18N4O/c1-8(2)13-9-6-10(12-7-11-9)14(3)4-5-15/h6-8,15H,4-5H2,1-3H3,(H,11,12,13). The van der Waals surface area contributed by atoms with Crippen LogP contribution in [0.4, 0.5) is 11.6 Å². The van der Waals surface area contributed by atoms with Gasteiger partial charge in [-0.25, -0.2) is 9.97 Å². The van der Waals surface area contributed by atoms with Crippen molar-refractivity contribution in [1.82, 2.24) is 9.97 Å². The van der Waals surface area contributed by atoms with E-state index in [2.05, 4.69) is 29.1 Å². The van der Waals surface area contributed by atoms with Crippen LogP contribution in [0.1, 0.15) is 13.8 Å². The Morgan fingerprint density at radius 3 is 2.80 bits per heavy atom. The smallest absolute Gasteiger partial charge is 0.133 e. The second-order valence-corrected chi connectivity index (χ2v) is 3.71. The fourth-order valence-corrected chi connectivity index (χ4v) is 1.20. The van der Waals surface area contributed by atoms with Crippen LogP contribution in [-0.2, 0) is 0 Å². The van der Waals surface area contributed by atoms with Gasteiger partial charge in [-0.2, -0.15) is 0 Å². The zero-order chi connectivity index (χ0) is 11.3. The highest BCUT2D eigenvalue weighted by molar-refractivity contribution is 5.48. The van der Waals surface area contributed by atoms with E-state index in [1.807, 2.05) is 18.0 Å². The van der Waals surface area contributed by atoms with Gasteiger partial charge in [0.25, 0.3) is 0 Å². The number of rotatable bonds is 5. The van der Waals surface area contributed by atoms with Gasteiger partial charge in [-0.15, -0.1) is 0 Å². The highest BCUT2D eigenvalue weighted by Crippen LogP contribution is 2.12. The van der Waals surface area contributed by atoms with Gasteiger partial charge < -0.3 is 15.3 Å². The van der Waals surface area contributed by atoms with Crippen molar-refractivity contribution in [3.05, 3.63) is 12.4 Å². The molecule has 1 aromatic heterocycles. The van der Waals surface area contributed by atoms with Gasteiger partial charge in [0, 0.05) is 25.7 Å². The molecule has 84 valence electrons. The summed E-state index contributed by atoms with van der Waals surface area (Å²) in [4.78, 5) is 10.1. The number of hydrogen-bond donors (Lipinski definition) is 2.